The molecule has 0 N–H and O–H groups in total. The average molecular weight is 424 g/mol. The van der Waals surface area contributed by atoms with Gasteiger partial charge in [-0.15, -0.1) is 0 Å². The number of ether oxygens (including phenoxy) is 3. The Morgan fingerprint density at radius 1 is 1.06 bits per heavy atom. The Hall–Kier alpha value is -2.37. The Labute approximate surface area is 185 Å². The molecule has 0 radical (unpaired) electrons. The molecule has 0 atom stereocenters. The van der Waals surface area contributed by atoms with Crippen LogP contribution >= 0.6 is 0 Å². The molecule has 0 bridgehead atoms. The molecule has 166 valence electrons. The summed E-state index contributed by atoms with van der Waals surface area (Å²) < 4.78 is 17.7. The zero-order valence-corrected chi connectivity index (χ0v) is 18.9. The fourth-order valence-corrected chi connectivity index (χ4v) is 4.16. The number of hydrogen-bond donors (Lipinski definition) is 0. The van der Waals surface area contributed by atoms with Crippen LogP contribution in [0.3, 0.4) is 0 Å². The van der Waals surface area contributed by atoms with Crippen molar-refractivity contribution < 1.29 is 19.0 Å². The van der Waals surface area contributed by atoms with Gasteiger partial charge in [-0.25, -0.2) is 0 Å². The summed E-state index contributed by atoms with van der Waals surface area (Å²) in [6.45, 7) is 8.61. The Morgan fingerprint density at radius 3 is 2.45 bits per heavy atom. The lowest BCUT2D eigenvalue weighted by Gasteiger charge is -2.22. The van der Waals surface area contributed by atoms with E-state index in [9.17, 15) is 4.79 Å². The molecule has 1 fully saturated rings. The van der Waals surface area contributed by atoms with E-state index in [1.54, 1.807) is 4.90 Å². The van der Waals surface area contributed by atoms with Gasteiger partial charge in [-0.2, -0.15) is 0 Å². The van der Waals surface area contributed by atoms with Crippen LogP contribution in [0.5, 0.6) is 5.75 Å². The summed E-state index contributed by atoms with van der Waals surface area (Å²) in [6, 6.07) is 14.3. The number of aryl methyl sites for hydroxylation is 1. The van der Waals surface area contributed by atoms with Gasteiger partial charge < -0.3 is 19.1 Å². The van der Waals surface area contributed by atoms with E-state index in [1.807, 2.05) is 30.3 Å². The van der Waals surface area contributed by atoms with Crippen LogP contribution in [0.4, 0.5) is 5.69 Å². The van der Waals surface area contributed by atoms with Crippen molar-refractivity contribution in [2.45, 2.75) is 58.8 Å². The van der Waals surface area contributed by atoms with Crippen molar-refractivity contribution in [3.63, 3.8) is 0 Å². The molecule has 1 spiro atoms. The molecule has 5 heteroatoms. The van der Waals surface area contributed by atoms with Crippen molar-refractivity contribution in [2.24, 2.45) is 5.92 Å². The van der Waals surface area contributed by atoms with Gasteiger partial charge in [0.25, 0.3) is 11.7 Å². The molecule has 2 aromatic rings. The maximum absolute atomic E-state index is 13.4. The van der Waals surface area contributed by atoms with Crippen molar-refractivity contribution in [2.75, 3.05) is 24.7 Å². The number of carbonyl (C=O) groups is 1. The lowest BCUT2D eigenvalue weighted by atomic mass is 10.0. The highest BCUT2D eigenvalue weighted by Gasteiger charge is 2.56. The Morgan fingerprint density at radius 2 is 1.77 bits per heavy atom. The quantitative estimate of drug-likeness (QED) is 0.556. The summed E-state index contributed by atoms with van der Waals surface area (Å²) >= 11 is 0. The molecule has 2 aliphatic heterocycles. The predicted molar refractivity (Wildman–Crippen MR) is 121 cm³/mol. The molecule has 0 unspecified atom stereocenters. The van der Waals surface area contributed by atoms with Crippen LogP contribution in [0, 0.1) is 5.92 Å². The molecule has 2 aromatic carbocycles. The number of rotatable bonds is 9. The van der Waals surface area contributed by atoms with Crippen LogP contribution in [-0.2, 0) is 33.0 Å². The number of hydrogen-bond acceptors (Lipinski definition) is 4. The summed E-state index contributed by atoms with van der Waals surface area (Å²) in [6.07, 6.45) is 4.28. The molecule has 1 amide bonds. The van der Waals surface area contributed by atoms with Gasteiger partial charge in [0.2, 0.25) is 0 Å². The first-order chi connectivity index (χ1) is 15.0. The zero-order valence-electron chi connectivity index (χ0n) is 18.9. The summed E-state index contributed by atoms with van der Waals surface area (Å²) in [5, 5.41) is 0. The first-order valence-electron chi connectivity index (χ1n) is 11.5. The van der Waals surface area contributed by atoms with Gasteiger partial charge in [0.15, 0.2) is 0 Å². The third-order valence-corrected chi connectivity index (χ3v) is 5.97. The summed E-state index contributed by atoms with van der Waals surface area (Å²) in [4.78, 5) is 15.2. The number of fused-ring (bicyclic) bond motifs is 2. The smallest absolute Gasteiger partial charge is 0.292 e. The zero-order chi connectivity index (χ0) is 21.8. The fourth-order valence-electron chi connectivity index (χ4n) is 4.16. The molecule has 0 aliphatic carbocycles. The molecule has 2 aliphatic rings. The second kappa shape index (κ2) is 9.41. The maximum atomic E-state index is 13.4. The number of carbonyl (C=O) groups excluding carboxylic acids is 1. The fraction of sp³-hybridized carbons (Fsp3) is 0.500. The molecule has 5 nitrogen and oxygen atoms in total. The monoisotopic (exact) mass is 423 g/mol. The van der Waals surface area contributed by atoms with E-state index in [0.29, 0.717) is 32.3 Å². The van der Waals surface area contributed by atoms with E-state index < -0.39 is 5.79 Å². The minimum Gasteiger partial charge on any atom is -0.494 e. The summed E-state index contributed by atoms with van der Waals surface area (Å²) in [7, 11) is 0. The van der Waals surface area contributed by atoms with Crippen LogP contribution in [0.2, 0.25) is 0 Å². The third kappa shape index (κ3) is 4.48. The lowest BCUT2D eigenvalue weighted by Crippen LogP contribution is -2.40. The van der Waals surface area contributed by atoms with E-state index in [2.05, 4.69) is 32.9 Å². The van der Waals surface area contributed by atoms with Crippen molar-refractivity contribution >= 4 is 11.6 Å². The van der Waals surface area contributed by atoms with Crippen molar-refractivity contribution in [3.05, 3.63) is 59.2 Å². The lowest BCUT2D eigenvalue weighted by molar-refractivity contribution is -0.180. The molecule has 0 saturated carbocycles. The standard InChI is InChI=1S/C26H33NO4/c1-4-5-6-20-9-12-24-23(17-20)26(30-15-16-31-26)25(28)27(24)18-21-7-10-22(11-8-21)29-14-13-19(2)3/h7-12,17,19H,4-6,13-16,18H2,1-3H3. The minimum absolute atomic E-state index is 0.134. The Balaban J connectivity index is 1.53. The number of unbranched alkanes of at least 4 members (excludes halogenated alkanes) is 1. The second-order valence-electron chi connectivity index (χ2n) is 8.83. The maximum Gasteiger partial charge on any atom is 0.292 e. The highest BCUT2D eigenvalue weighted by Crippen LogP contribution is 2.46. The van der Waals surface area contributed by atoms with Gasteiger partial charge >= 0.3 is 0 Å². The average Bonchev–Trinajstić information content (AvgIpc) is 3.34. The summed E-state index contributed by atoms with van der Waals surface area (Å²) in [5.41, 5.74) is 3.99. The van der Waals surface area contributed by atoms with Gasteiger partial charge in [-0.1, -0.05) is 45.4 Å². The van der Waals surface area contributed by atoms with Gasteiger partial charge in [0.1, 0.15) is 5.75 Å². The first-order valence-corrected chi connectivity index (χ1v) is 11.5. The van der Waals surface area contributed by atoms with Crippen LogP contribution in [0.25, 0.3) is 0 Å². The van der Waals surface area contributed by atoms with Gasteiger partial charge in [0, 0.05) is 5.56 Å². The topological polar surface area (TPSA) is 48.0 Å². The Bertz CT molecular complexity index is 900. The normalized spacial score (nSPS) is 17.0. The van der Waals surface area contributed by atoms with E-state index in [0.717, 1.165) is 48.2 Å². The van der Waals surface area contributed by atoms with E-state index in [-0.39, 0.29) is 5.91 Å². The van der Waals surface area contributed by atoms with Crippen molar-refractivity contribution in [3.8, 4) is 5.75 Å². The van der Waals surface area contributed by atoms with Crippen molar-refractivity contribution in [1.82, 2.24) is 0 Å². The first kappa shape index (κ1) is 21.8. The van der Waals surface area contributed by atoms with E-state index >= 15 is 0 Å². The summed E-state index contributed by atoms with van der Waals surface area (Å²) in [5.74, 6) is 0.0644. The highest BCUT2D eigenvalue weighted by atomic mass is 16.7. The SMILES string of the molecule is CCCCc1ccc2c(c1)C1(OCCO1)C(=O)N2Cc1ccc(OCCC(C)C)cc1. The van der Waals surface area contributed by atoms with Crippen LogP contribution < -0.4 is 9.64 Å². The predicted octanol–water partition coefficient (Wildman–Crippen LogP) is 5.20. The second-order valence-corrected chi connectivity index (χ2v) is 8.83. The molecule has 4 rings (SSSR count). The van der Waals surface area contributed by atoms with Crippen LogP contribution in [-0.4, -0.2) is 25.7 Å². The Kier molecular flexibility index (Phi) is 6.63. The number of benzene rings is 2. The van der Waals surface area contributed by atoms with Gasteiger partial charge in [-0.3, -0.25) is 4.79 Å². The van der Waals surface area contributed by atoms with Crippen LogP contribution in [0.1, 0.15) is 56.7 Å². The third-order valence-electron chi connectivity index (χ3n) is 5.97. The molecular formula is C26H33NO4. The van der Waals surface area contributed by atoms with Gasteiger partial charge in [-0.05, 0) is 60.6 Å². The highest BCUT2D eigenvalue weighted by molar-refractivity contribution is 6.06. The number of anilines is 1. The molecule has 2 heterocycles. The van der Waals surface area contributed by atoms with Gasteiger partial charge in [0.05, 0.1) is 32.1 Å². The van der Waals surface area contributed by atoms with Crippen molar-refractivity contribution in [1.29, 1.82) is 0 Å². The molecule has 0 aromatic heterocycles. The minimum atomic E-state index is -1.28. The number of amides is 1. The molecule has 31 heavy (non-hydrogen) atoms. The molecule has 1 saturated heterocycles. The molecular weight excluding hydrogens is 390 g/mol. The van der Waals surface area contributed by atoms with Crippen LogP contribution in [0.15, 0.2) is 42.5 Å². The van der Waals surface area contributed by atoms with E-state index in [4.69, 9.17) is 14.2 Å². The largest absolute Gasteiger partial charge is 0.494 e. The number of nitrogens with zero attached hydrogens (tertiary/aromatic N) is 1. The van der Waals surface area contributed by atoms with E-state index in [1.165, 1.54) is 5.56 Å².